The first-order chi connectivity index (χ1) is 11.1. The summed E-state index contributed by atoms with van der Waals surface area (Å²) in [6.07, 6.45) is 1.76. The Bertz CT molecular complexity index is 674. The average Bonchev–Trinajstić information content (AvgIpc) is 2.55. The number of hydrogen-bond acceptors (Lipinski definition) is 6. The van der Waals surface area contributed by atoms with Crippen LogP contribution >= 0.6 is 11.6 Å². The van der Waals surface area contributed by atoms with Crippen LogP contribution in [0.2, 0.25) is 5.02 Å². The van der Waals surface area contributed by atoms with Gasteiger partial charge in [-0.2, -0.15) is 0 Å². The van der Waals surface area contributed by atoms with Crippen molar-refractivity contribution < 1.29 is 14.5 Å². The molecule has 8 heteroatoms. The molecule has 1 heterocycles. The summed E-state index contributed by atoms with van der Waals surface area (Å²) in [6, 6.07) is 9.35. The van der Waals surface area contributed by atoms with E-state index in [1.54, 1.807) is 24.3 Å². The molecule has 0 saturated carbocycles. The highest BCUT2D eigenvalue weighted by atomic mass is 35.5. The van der Waals surface area contributed by atoms with E-state index < -0.39 is 10.9 Å². The van der Waals surface area contributed by atoms with Crippen molar-refractivity contribution in [2.45, 2.75) is 6.42 Å². The zero-order chi connectivity index (χ0) is 16.7. The fourth-order valence-electron chi connectivity index (χ4n) is 1.72. The van der Waals surface area contributed by atoms with Gasteiger partial charge in [-0.05, 0) is 36.8 Å². The molecule has 0 fully saturated rings. The van der Waals surface area contributed by atoms with E-state index in [4.69, 9.17) is 16.3 Å². The van der Waals surface area contributed by atoms with Crippen LogP contribution in [0.25, 0.3) is 0 Å². The number of benzene rings is 1. The van der Waals surface area contributed by atoms with Crippen LogP contribution in [0.1, 0.15) is 16.8 Å². The van der Waals surface area contributed by atoms with Crippen molar-refractivity contribution in [1.82, 2.24) is 4.98 Å². The number of rotatable bonds is 7. The molecule has 2 aromatic rings. The second-order valence-electron chi connectivity index (χ2n) is 4.58. The van der Waals surface area contributed by atoms with Crippen molar-refractivity contribution in [3.05, 3.63) is 63.3 Å². The van der Waals surface area contributed by atoms with Crippen LogP contribution in [0.15, 0.2) is 42.6 Å². The molecule has 23 heavy (non-hydrogen) atoms. The van der Waals surface area contributed by atoms with Crippen molar-refractivity contribution in [3.63, 3.8) is 0 Å². The van der Waals surface area contributed by atoms with Gasteiger partial charge in [-0.1, -0.05) is 11.6 Å². The van der Waals surface area contributed by atoms with Gasteiger partial charge in [0.15, 0.2) is 0 Å². The molecular formula is C15H14ClN3O4. The largest absolute Gasteiger partial charge is 0.462 e. The maximum absolute atomic E-state index is 11.7. The number of ether oxygens (including phenoxy) is 1. The zero-order valence-electron chi connectivity index (χ0n) is 12.1. The first kappa shape index (κ1) is 16.7. The average molecular weight is 336 g/mol. The first-order valence-corrected chi connectivity index (χ1v) is 7.21. The van der Waals surface area contributed by atoms with Crippen LogP contribution in [-0.2, 0) is 4.74 Å². The standard InChI is InChI=1S/C15H14ClN3O4/c16-12-4-2-11(3-5-12)15(20)23-9-1-8-17-14-7-6-13(10-18-14)19(21)22/h2-7,10H,1,8-9H2,(H,17,18). The zero-order valence-corrected chi connectivity index (χ0v) is 12.8. The van der Waals surface area contributed by atoms with Gasteiger partial charge in [-0.3, -0.25) is 10.1 Å². The molecule has 120 valence electrons. The van der Waals surface area contributed by atoms with E-state index in [9.17, 15) is 14.9 Å². The number of nitrogens with zero attached hydrogens (tertiary/aromatic N) is 2. The minimum absolute atomic E-state index is 0.0626. The number of carbonyl (C=O) groups is 1. The Labute approximate surface area is 137 Å². The Balaban J connectivity index is 1.68. The third kappa shape index (κ3) is 5.23. The van der Waals surface area contributed by atoms with Gasteiger partial charge in [0, 0.05) is 17.6 Å². The van der Waals surface area contributed by atoms with Crippen molar-refractivity contribution in [3.8, 4) is 0 Å². The Morgan fingerprint density at radius 1 is 1.26 bits per heavy atom. The minimum atomic E-state index is -0.507. The van der Waals surface area contributed by atoms with Crippen LogP contribution in [0, 0.1) is 10.1 Å². The summed E-state index contributed by atoms with van der Waals surface area (Å²) in [6.45, 7) is 0.778. The fourth-order valence-corrected chi connectivity index (χ4v) is 1.85. The smallest absolute Gasteiger partial charge is 0.338 e. The summed E-state index contributed by atoms with van der Waals surface area (Å²) >= 11 is 5.74. The van der Waals surface area contributed by atoms with Crippen molar-refractivity contribution in [2.75, 3.05) is 18.5 Å². The molecule has 1 N–H and O–H groups in total. The van der Waals surface area contributed by atoms with Gasteiger partial charge in [0.1, 0.15) is 12.0 Å². The van der Waals surface area contributed by atoms with Crippen LogP contribution in [-0.4, -0.2) is 29.0 Å². The topological polar surface area (TPSA) is 94.4 Å². The number of pyridine rings is 1. The van der Waals surface area contributed by atoms with Crippen molar-refractivity contribution >= 4 is 29.1 Å². The second kappa shape index (κ2) is 8.09. The maximum atomic E-state index is 11.7. The Morgan fingerprint density at radius 3 is 2.61 bits per heavy atom. The van der Waals surface area contributed by atoms with Crippen LogP contribution in [0.5, 0.6) is 0 Å². The Kier molecular flexibility index (Phi) is 5.87. The van der Waals surface area contributed by atoms with Gasteiger partial charge < -0.3 is 10.1 Å². The quantitative estimate of drug-likeness (QED) is 0.361. The molecule has 7 nitrogen and oxygen atoms in total. The number of anilines is 1. The predicted molar refractivity (Wildman–Crippen MR) is 85.7 cm³/mol. The van der Waals surface area contributed by atoms with Crippen LogP contribution < -0.4 is 5.32 Å². The third-order valence-corrected chi connectivity index (χ3v) is 3.15. The number of hydrogen-bond donors (Lipinski definition) is 1. The van der Waals surface area contributed by atoms with E-state index in [-0.39, 0.29) is 12.3 Å². The van der Waals surface area contributed by atoms with Crippen molar-refractivity contribution in [2.24, 2.45) is 0 Å². The van der Waals surface area contributed by atoms with Crippen LogP contribution in [0.3, 0.4) is 0 Å². The number of nitro groups is 1. The third-order valence-electron chi connectivity index (χ3n) is 2.90. The molecule has 1 aromatic heterocycles. The highest BCUT2D eigenvalue weighted by Crippen LogP contribution is 2.12. The lowest BCUT2D eigenvalue weighted by molar-refractivity contribution is -0.385. The second-order valence-corrected chi connectivity index (χ2v) is 5.02. The molecule has 0 amide bonds. The number of esters is 1. The van der Waals surface area contributed by atoms with Gasteiger partial charge in [0.25, 0.3) is 5.69 Å². The molecule has 0 atom stereocenters. The number of aromatic nitrogens is 1. The van der Waals surface area contributed by atoms with E-state index in [1.807, 2.05) is 0 Å². The highest BCUT2D eigenvalue weighted by molar-refractivity contribution is 6.30. The lowest BCUT2D eigenvalue weighted by Crippen LogP contribution is -2.10. The fraction of sp³-hybridized carbons (Fsp3) is 0.200. The normalized spacial score (nSPS) is 10.1. The number of carbonyl (C=O) groups excluding carboxylic acids is 1. The first-order valence-electron chi connectivity index (χ1n) is 6.83. The molecule has 0 aliphatic rings. The molecule has 0 aliphatic carbocycles. The van der Waals surface area contributed by atoms with Gasteiger partial charge >= 0.3 is 5.97 Å². The van der Waals surface area contributed by atoms with Crippen LogP contribution in [0.4, 0.5) is 11.5 Å². The molecule has 0 aliphatic heterocycles. The summed E-state index contributed by atoms with van der Waals surface area (Å²) in [4.78, 5) is 25.6. The summed E-state index contributed by atoms with van der Waals surface area (Å²) in [5, 5.41) is 14.0. The number of nitrogens with one attached hydrogen (secondary N) is 1. The summed E-state index contributed by atoms with van der Waals surface area (Å²) in [5.74, 6) is 0.120. The molecule has 2 rings (SSSR count). The Morgan fingerprint density at radius 2 is 2.00 bits per heavy atom. The lowest BCUT2D eigenvalue weighted by atomic mass is 10.2. The van der Waals surface area contributed by atoms with Gasteiger partial charge in [-0.15, -0.1) is 0 Å². The maximum Gasteiger partial charge on any atom is 0.338 e. The Hall–Kier alpha value is -2.67. The van der Waals surface area contributed by atoms with Gasteiger partial charge in [0.2, 0.25) is 0 Å². The van der Waals surface area contributed by atoms with E-state index in [0.29, 0.717) is 29.4 Å². The minimum Gasteiger partial charge on any atom is -0.462 e. The van der Waals surface area contributed by atoms with Gasteiger partial charge in [-0.25, -0.2) is 9.78 Å². The van der Waals surface area contributed by atoms with E-state index >= 15 is 0 Å². The van der Waals surface area contributed by atoms with Gasteiger partial charge in [0.05, 0.1) is 17.1 Å². The monoisotopic (exact) mass is 335 g/mol. The SMILES string of the molecule is O=C(OCCCNc1ccc([N+](=O)[O-])cn1)c1ccc(Cl)cc1. The summed E-state index contributed by atoms with van der Waals surface area (Å²) in [5.41, 5.74) is 0.381. The molecule has 0 saturated heterocycles. The lowest BCUT2D eigenvalue weighted by Gasteiger charge is -2.06. The van der Waals surface area contributed by atoms with E-state index in [2.05, 4.69) is 10.3 Å². The molecule has 0 radical (unpaired) electrons. The highest BCUT2D eigenvalue weighted by Gasteiger charge is 2.07. The molecule has 0 spiro atoms. The predicted octanol–water partition coefficient (Wildman–Crippen LogP) is 3.30. The molecule has 1 aromatic carbocycles. The van der Waals surface area contributed by atoms with E-state index in [1.165, 1.54) is 18.3 Å². The van der Waals surface area contributed by atoms with E-state index in [0.717, 1.165) is 0 Å². The molecule has 0 bridgehead atoms. The molecular weight excluding hydrogens is 322 g/mol. The number of halogens is 1. The van der Waals surface area contributed by atoms with Crippen molar-refractivity contribution in [1.29, 1.82) is 0 Å². The summed E-state index contributed by atoms with van der Waals surface area (Å²) < 4.78 is 5.12. The summed E-state index contributed by atoms with van der Waals surface area (Å²) in [7, 11) is 0. The molecule has 0 unspecified atom stereocenters.